The Hall–Kier alpha value is -1.63. The fourth-order valence-corrected chi connectivity index (χ4v) is 2.05. The van der Waals surface area contributed by atoms with Crippen LogP contribution in [0.1, 0.15) is 31.6 Å². The number of aromatic nitrogens is 2. The third kappa shape index (κ3) is 5.82. The molecule has 0 aliphatic heterocycles. The first-order valence-electron chi connectivity index (χ1n) is 7.13. The van der Waals surface area contributed by atoms with Gasteiger partial charge in [0, 0.05) is 17.0 Å². The lowest BCUT2D eigenvalue weighted by Crippen LogP contribution is -2.27. The maximum absolute atomic E-state index is 11.8. The van der Waals surface area contributed by atoms with E-state index in [1.165, 1.54) is 0 Å². The van der Waals surface area contributed by atoms with Gasteiger partial charge in [0.05, 0.1) is 6.04 Å². The van der Waals surface area contributed by atoms with Crippen molar-refractivity contribution >= 4 is 29.9 Å². The molecule has 1 heterocycles. The number of hydrogen-bond acceptors (Lipinski definition) is 5. The van der Waals surface area contributed by atoms with E-state index in [0.717, 1.165) is 18.5 Å². The lowest BCUT2D eigenvalue weighted by atomic mass is 10.2. The Morgan fingerprint density at radius 3 is 2.70 bits per heavy atom. The molecule has 0 aliphatic rings. The van der Waals surface area contributed by atoms with Gasteiger partial charge < -0.3 is 15.2 Å². The molecule has 1 amide bonds. The minimum Gasteiger partial charge on any atom is -0.346 e. The number of nitrogens with zero attached hydrogens (tertiary/aromatic N) is 2. The molecule has 6 nitrogen and oxygen atoms in total. The molecule has 23 heavy (non-hydrogen) atoms. The second-order valence-electron chi connectivity index (χ2n) is 4.96. The quantitative estimate of drug-likeness (QED) is 0.743. The zero-order valence-electron chi connectivity index (χ0n) is 13.0. The van der Waals surface area contributed by atoms with Gasteiger partial charge in [-0.2, -0.15) is 4.98 Å². The normalized spacial score (nSPS) is 11.6. The smallest absolute Gasteiger partial charge is 0.257 e. The summed E-state index contributed by atoms with van der Waals surface area (Å²) < 4.78 is 5.23. The molecule has 0 saturated carbocycles. The molecule has 2 rings (SSSR count). The Morgan fingerprint density at radius 1 is 1.35 bits per heavy atom. The summed E-state index contributed by atoms with van der Waals surface area (Å²) in [6.07, 6.45) is 1.25. The van der Waals surface area contributed by atoms with E-state index in [0.29, 0.717) is 23.2 Å². The van der Waals surface area contributed by atoms with Crippen LogP contribution in [-0.2, 0) is 4.79 Å². The Kier molecular flexibility index (Phi) is 8.02. The predicted molar refractivity (Wildman–Crippen MR) is 91.7 cm³/mol. The van der Waals surface area contributed by atoms with Crippen molar-refractivity contribution in [3.63, 3.8) is 0 Å². The summed E-state index contributed by atoms with van der Waals surface area (Å²) in [5.41, 5.74) is 0.788. The van der Waals surface area contributed by atoms with Crippen LogP contribution in [0.5, 0.6) is 0 Å². The minimum atomic E-state index is -0.299. The van der Waals surface area contributed by atoms with Gasteiger partial charge >= 0.3 is 0 Å². The maximum Gasteiger partial charge on any atom is 0.257 e. The van der Waals surface area contributed by atoms with Gasteiger partial charge in [-0.25, -0.2) is 0 Å². The molecule has 1 atom stereocenters. The zero-order valence-corrected chi connectivity index (χ0v) is 14.6. The predicted octanol–water partition coefficient (Wildman–Crippen LogP) is 2.99. The van der Waals surface area contributed by atoms with Crippen molar-refractivity contribution < 1.29 is 9.32 Å². The van der Waals surface area contributed by atoms with Crippen LogP contribution in [0.3, 0.4) is 0 Å². The van der Waals surface area contributed by atoms with Gasteiger partial charge in [-0.15, -0.1) is 12.4 Å². The molecular weight excluding hydrogens is 339 g/mol. The first kappa shape index (κ1) is 19.4. The van der Waals surface area contributed by atoms with Crippen LogP contribution in [0.15, 0.2) is 28.8 Å². The fraction of sp³-hybridized carbons (Fsp3) is 0.400. The van der Waals surface area contributed by atoms with Gasteiger partial charge in [0.1, 0.15) is 0 Å². The Morgan fingerprint density at radius 2 is 2.04 bits per heavy atom. The van der Waals surface area contributed by atoms with Crippen LogP contribution in [-0.4, -0.2) is 29.6 Å². The highest BCUT2D eigenvalue weighted by molar-refractivity contribution is 6.30. The number of hydrogen-bond donors (Lipinski definition) is 2. The van der Waals surface area contributed by atoms with E-state index in [1.807, 2.05) is 14.0 Å². The van der Waals surface area contributed by atoms with Gasteiger partial charge in [0.15, 0.2) is 5.82 Å². The molecule has 1 aromatic carbocycles. The highest BCUT2D eigenvalue weighted by Gasteiger charge is 2.16. The molecule has 2 aromatic rings. The van der Waals surface area contributed by atoms with Crippen molar-refractivity contribution in [3.05, 3.63) is 35.1 Å². The lowest BCUT2D eigenvalue weighted by Gasteiger charge is -2.09. The molecule has 0 bridgehead atoms. The van der Waals surface area contributed by atoms with E-state index in [-0.39, 0.29) is 24.4 Å². The number of amides is 1. The number of carbonyl (C=O) groups excluding carboxylic acids is 1. The summed E-state index contributed by atoms with van der Waals surface area (Å²) in [4.78, 5) is 16.1. The second-order valence-corrected chi connectivity index (χ2v) is 5.40. The average Bonchev–Trinajstić information content (AvgIpc) is 2.98. The van der Waals surface area contributed by atoms with E-state index < -0.39 is 0 Å². The van der Waals surface area contributed by atoms with E-state index in [1.54, 1.807) is 24.3 Å². The molecule has 2 N–H and O–H groups in total. The van der Waals surface area contributed by atoms with Crippen LogP contribution < -0.4 is 10.6 Å². The van der Waals surface area contributed by atoms with E-state index in [2.05, 4.69) is 20.8 Å². The fourth-order valence-electron chi connectivity index (χ4n) is 1.92. The summed E-state index contributed by atoms with van der Waals surface area (Å²) in [6.45, 7) is 2.64. The Labute approximate surface area is 146 Å². The zero-order chi connectivity index (χ0) is 15.9. The van der Waals surface area contributed by atoms with Crippen LogP contribution in [0, 0.1) is 0 Å². The minimum absolute atomic E-state index is 0. The molecule has 1 unspecified atom stereocenters. The molecule has 1 aromatic heterocycles. The molecule has 8 heteroatoms. The number of rotatable bonds is 7. The van der Waals surface area contributed by atoms with Crippen LogP contribution >= 0.6 is 24.0 Å². The largest absolute Gasteiger partial charge is 0.346 e. The molecular formula is C15H20Cl2N4O2. The SMILES string of the molecule is CNCCCC(=O)NC(C)c1noc(-c2ccc(Cl)cc2)n1.Cl. The van der Waals surface area contributed by atoms with Crippen LogP contribution in [0.25, 0.3) is 11.5 Å². The highest BCUT2D eigenvalue weighted by Crippen LogP contribution is 2.21. The first-order valence-corrected chi connectivity index (χ1v) is 7.51. The highest BCUT2D eigenvalue weighted by atomic mass is 35.5. The number of nitrogens with one attached hydrogen (secondary N) is 2. The Balaban J connectivity index is 0.00000264. The molecule has 0 saturated heterocycles. The van der Waals surface area contributed by atoms with E-state index in [4.69, 9.17) is 16.1 Å². The third-order valence-corrected chi connectivity index (χ3v) is 3.38. The lowest BCUT2D eigenvalue weighted by molar-refractivity contribution is -0.121. The molecule has 126 valence electrons. The third-order valence-electron chi connectivity index (χ3n) is 3.13. The molecule has 0 radical (unpaired) electrons. The van der Waals surface area contributed by atoms with Crippen molar-refractivity contribution in [2.24, 2.45) is 0 Å². The van der Waals surface area contributed by atoms with Crippen molar-refractivity contribution in [2.45, 2.75) is 25.8 Å². The summed E-state index contributed by atoms with van der Waals surface area (Å²) >= 11 is 5.85. The number of halogens is 2. The van der Waals surface area contributed by atoms with Crippen molar-refractivity contribution in [2.75, 3.05) is 13.6 Å². The van der Waals surface area contributed by atoms with E-state index >= 15 is 0 Å². The standard InChI is InChI=1S/C15H19ClN4O2.ClH/c1-10(18-13(21)4-3-9-17-2)14-19-15(22-20-14)11-5-7-12(16)8-6-11;/h5-8,10,17H,3-4,9H2,1-2H3,(H,18,21);1H. The molecule has 0 fully saturated rings. The van der Waals surface area contributed by atoms with Gasteiger partial charge in [-0.3, -0.25) is 4.79 Å². The number of carbonyl (C=O) groups is 1. The summed E-state index contributed by atoms with van der Waals surface area (Å²) in [6, 6.07) is 6.83. The van der Waals surface area contributed by atoms with Crippen molar-refractivity contribution in [1.82, 2.24) is 20.8 Å². The second kappa shape index (κ2) is 9.50. The summed E-state index contributed by atoms with van der Waals surface area (Å²) in [5, 5.41) is 10.4. The van der Waals surface area contributed by atoms with E-state index in [9.17, 15) is 4.79 Å². The number of benzene rings is 1. The molecule has 0 aliphatic carbocycles. The topological polar surface area (TPSA) is 80.0 Å². The van der Waals surface area contributed by atoms with Crippen molar-refractivity contribution in [3.8, 4) is 11.5 Å². The monoisotopic (exact) mass is 358 g/mol. The van der Waals surface area contributed by atoms with Gasteiger partial charge in [0.2, 0.25) is 5.91 Å². The van der Waals surface area contributed by atoms with Crippen LogP contribution in [0.4, 0.5) is 0 Å². The van der Waals surface area contributed by atoms with Crippen LogP contribution in [0.2, 0.25) is 5.02 Å². The molecule has 0 spiro atoms. The average molecular weight is 359 g/mol. The maximum atomic E-state index is 11.8. The van der Waals surface area contributed by atoms with Gasteiger partial charge in [-0.05, 0) is 51.2 Å². The van der Waals surface area contributed by atoms with Gasteiger partial charge in [-0.1, -0.05) is 16.8 Å². The first-order chi connectivity index (χ1) is 10.6. The van der Waals surface area contributed by atoms with Crippen molar-refractivity contribution in [1.29, 1.82) is 0 Å². The summed E-state index contributed by atoms with van der Waals surface area (Å²) in [5.74, 6) is 0.829. The summed E-state index contributed by atoms with van der Waals surface area (Å²) in [7, 11) is 1.86. The Bertz CT molecular complexity index is 616. The van der Waals surface area contributed by atoms with Gasteiger partial charge in [0.25, 0.3) is 5.89 Å².